The quantitative estimate of drug-likeness (QED) is 0.519. The molecule has 9 heavy (non-hydrogen) atoms. The first-order valence-corrected chi connectivity index (χ1v) is 4.36. The van der Waals surface area contributed by atoms with Gasteiger partial charge in [-0.3, -0.25) is 0 Å². The van der Waals surface area contributed by atoms with Gasteiger partial charge in [0.05, 0.1) is 0 Å². The van der Waals surface area contributed by atoms with E-state index in [0.717, 1.165) is 12.8 Å². The summed E-state index contributed by atoms with van der Waals surface area (Å²) in [5, 5.41) is 0. The van der Waals surface area contributed by atoms with Crippen molar-refractivity contribution in [3.8, 4) is 0 Å². The lowest BCUT2D eigenvalue weighted by molar-refractivity contribution is 0.685. The highest BCUT2D eigenvalue weighted by molar-refractivity contribution is 14.1. The third-order valence-corrected chi connectivity index (χ3v) is 1.55. The van der Waals surface area contributed by atoms with Crippen LogP contribution in [0.1, 0.15) is 32.6 Å². The zero-order valence-electron chi connectivity index (χ0n) is 5.66. The van der Waals surface area contributed by atoms with Crippen LogP contribution < -0.4 is 0 Å². The first-order valence-electron chi connectivity index (χ1n) is 3.28. The van der Waals surface area contributed by atoms with Crippen molar-refractivity contribution in [2.24, 2.45) is 0 Å². The summed E-state index contributed by atoms with van der Waals surface area (Å²) in [5.74, 6) is 0. The lowest BCUT2D eigenvalue weighted by atomic mass is 10.2. The van der Waals surface area contributed by atoms with E-state index in [-0.39, 0.29) is 3.83 Å². The van der Waals surface area contributed by atoms with Crippen molar-refractivity contribution in [2.45, 2.75) is 32.6 Å². The van der Waals surface area contributed by atoms with Gasteiger partial charge in [-0.2, -0.15) is 0 Å². The Morgan fingerprint density at radius 3 is 2.67 bits per heavy atom. The highest BCUT2D eigenvalue weighted by atomic mass is 127. The van der Waals surface area contributed by atoms with E-state index in [4.69, 9.17) is 0 Å². The molecule has 0 saturated heterocycles. The predicted molar refractivity (Wildman–Crippen MR) is 47.4 cm³/mol. The Morgan fingerprint density at radius 2 is 2.22 bits per heavy atom. The van der Waals surface area contributed by atoms with Gasteiger partial charge in [0.2, 0.25) is 0 Å². The summed E-state index contributed by atoms with van der Waals surface area (Å²) in [6.07, 6.45) is 6.06. The van der Waals surface area contributed by atoms with Crippen LogP contribution in [0.3, 0.4) is 0 Å². The summed E-state index contributed by atoms with van der Waals surface area (Å²) in [4.78, 5) is 0. The lowest BCUT2D eigenvalue weighted by Crippen LogP contribution is -1.70. The van der Waals surface area contributed by atoms with Crippen molar-refractivity contribution in [2.75, 3.05) is 0 Å². The third kappa shape index (κ3) is 8.40. The summed E-state index contributed by atoms with van der Waals surface area (Å²) in [5.41, 5.74) is 0. The SMILES string of the molecule is CCCCCC=C(F)I. The molecule has 0 aliphatic rings. The van der Waals surface area contributed by atoms with Crippen LogP contribution >= 0.6 is 22.6 Å². The number of allylic oxidation sites excluding steroid dienone is 1. The molecule has 0 amide bonds. The fourth-order valence-corrected chi connectivity index (χ4v) is 0.917. The van der Waals surface area contributed by atoms with Crippen LogP contribution in [0.15, 0.2) is 9.91 Å². The van der Waals surface area contributed by atoms with Crippen molar-refractivity contribution in [3.63, 3.8) is 0 Å². The molecule has 2 heteroatoms. The number of unbranched alkanes of at least 4 members (excludes halogenated alkanes) is 3. The molecular weight excluding hydrogens is 230 g/mol. The van der Waals surface area contributed by atoms with E-state index in [2.05, 4.69) is 6.92 Å². The van der Waals surface area contributed by atoms with Gasteiger partial charge < -0.3 is 0 Å². The molecule has 0 spiro atoms. The molecule has 0 bridgehead atoms. The number of hydrogen-bond donors (Lipinski definition) is 0. The largest absolute Gasteiger partial charge is 0.200 e. The van der Waals surface area contributed by atoms with Crippen molar-refractivity contribution in [1.82, 2.24) is 0 Å². The van der Waals surface area contributed by atoms with Gasteiger partial charge in [0.1, 0.15) is 0 Å². The first kappa shape index (κ1) is 9.40. The minimum absolute atomic E-state index is 0.0799. The molecule has 0 aromatic rings. The zero-order chi connectivity index (χ0) is 7.11. The fourth-order valence-electron chi connectivity index (χ4n) is 0.606. The lowest BCUT2D eigenvalue weighted by Gasteiger charge is -1.89. The summed E-state index contributed by atoms with van der Waals surface area (Å²) in [6.45, 7) is 2.14. The predicted octanol–water partition coefficient (Wildman–Crippen LogP) is 3.81. The van der Waals surface area contributed by atoms with Crippen molar-refractivity contribution >= 4 is 22.6 Å². The Kier molecular flexibility index (Phi) is 6.81. The third-order valence-electron chi connectivity index (χ3n) is 1.11. The standard InChI is InChI=1S/C7H12FI/c1-2-3-4-5-6-7(8)9/h6H,2-5H2,1H3. The molecule has 0 nitrogen and oxygen atoms in total. The smallest absolute Gasteiger partial charge is 0.156 e. The van der Waals surface area contributed by atoms with Crippen LogP contribution in [0, 0.1) is 0 Å². The van der Waals surface area contributed by atoms with Gasteiger partial charge in [0, 0.05) is 0 Å². The molecule has 0 atom stereocenters. The van der Waals surface area contributed by atoms with E-state index < -0.39 is 0 Å². The zero-order valence-corrected chi connectivity index (χ0v) is 7.82. The van der Waals surface area contributed by atoms with Crippen LogP contribution in [0.2, 0.25) is 0 Å². The molecule has 0 aromatic heterocycles. The molecule has 54 valence electrons. The first-order chi connectivity index (χ1) is 4.27. The Balaban J connectivity index is 3.00. The fraction of sp³-hybridized carbons (Fsp3) is 0.714. The minimum atomic E-state index is -0.0799. The van der Waals surface area contributed by atoms with Gasteiger partial charge in [-0.05, 0) is 41.5 Å². The second-order valence-electron chi connectivity index (χ2n) is 1.99. The maximum atomic E-state index is 12.0. The average Bonchev–Trinajstić information content (AvgIpc) is 1.80. The molecule has 0 aromatic carbocycles. The van der Waals surface area contributed by atoms with Crippen molar-refractivity contribution in [1.29, 1.82) is 0 Å². The summed E-state index contributed by atoms with van der Waals surface area (Å²) in [6, 6.07) is 0. The molecule has 0 aliphatic heterocycles. The van der Waals surface area contributed by atoms with Crippen LogP contribution in [0.5, 0.6) is 0 Å². The van der Waals surface area contributed by atoms with Gasteiger partial charge >= 0.3 is 0 Å². The molecule has 0 rings (SSSR count). The summed E-state index contributed by atoms with van der Waals surface area (Å²) in [7, 11) is 0. The van der Waals surface area contributed by atoms with E-state index in [9.17, 15) is 4.39 Å². The van der Waals surface area contributed by atoms with E-state index >= 15 is 0 Å². The van der Waals surface area contributed by atoms with E-state index in [1.54, 1.807) is 28.7 Å². The van der Waals surface area contributed by atoms with E-state index in [1.807, 2.05) is 0 Å². The van der Waals surface area contributed by atoms with Gasteiger partial charge in [-0.25, -0.2) is 4.39 Å². The number of rotatable bonds is 4. The monoisotopic (exact) mass is 242 g/mol. The summed E-state index contributed by atoms with van der Waals surface area (Å²) < 4.78 is 11.9. The van der Waals surface area contributed by atoms with Gasteiger partial charge in [-0.15, -0.1) is 0 Å². The molecule has 0 saturated carbocycles. The van der Waals surface area contributed by atoms with Crippen LogP contribution in [0.4, 0.5) is 4.39 Å². The second-order valence-corrected chi connectivity index (χ2v) is 3.02. The Labute approximate surface area is 69.7 Å². The topological polar surface area (TPSA) is 0 Å². The van der Waals surface area contributed by atoms with Gasteiger partial charge in [0.15, 0.2) is 3.83 Å². The maximum absolute atomic E-state index is 12.0. The van der Waals surface area contributed by atoms with Crippen molar-refractivity contribution in [3.05, 3.63) is 9.91 Å². The Bertz CT molecular complexity index is 84.9. The highest BCUT2D eigenvalue weighted by Gasteiger charge is 1.84. The van der Waals surface area contributed by atoms with Crippen LogP contribution in [0.25, 0.3) is 0 Å². The molecule has 0 fully saturated rings. The normalized spacial score (nSPS) is 12.1. The van der Waals surface area contributed by atoms with Crippen molar-refractivity contribution < 1.29 is 4.39 Å². The average molecular weight is 242 g/mol. The molecule has 0 unspecified atom stereocenters. The Morgan fingerprint density at radius 1 is 1.56 bits per heavy atom. The molecular formula is C7H12FI. The summed E-state index contributed by atoms with van der Waals surface area (Å²) >= 11 is 1.69. The van der Waals surface area contributed by atoms with Gasteiger partial charge in [-0.1, -0.05) is 19.8 Å². The van der Waals surface area contributed by atoms with E-state index in [1.165, 1.54) is 12.8 Å². The van der Waals surface area contributed by atoms with Gasteiger partial charge in [0.25, 0.3) is 0 Å². The second kappa shape index (κ2) is 6.52. The molecule has 0 N–H and O–H groups in total. The highest BCUT2D eigenvalue weighted by Crippen LogP contribution is 2.09. The van der Waals surface area contributed by atoms with E-state index in [0.29, 0.717) is 0 Å². The number of halogens is 2. The molecule has 0 aliphatic carbocycles. The minimum Gasteiger partial charge on any atom is -0.200 e. The molecule has 0 heterocycles. The maximum Gasteiger partial charge on any atom is 0.156 e. The van der Waals surface area contributed by atoms with Crippen LogP contribution in [-0.4, -0.2) is 0 Å². The Hall–Kier alpha value is 0.400. The number of hydrogen-bond acceptors (Lipinski definition) is 0. The van der Waals surface area contributed by atoms with Crippen LogP contribution in [-0.2, 0) is 0 Å². The molecule has 0 radical (unpaired) electrons.